The zero-order valence-corrected chi connectivity index (χ0v) is 11.5. The molecule has 0 saturated carbocycles. The van der Waals surface area contributed by atoms with E-state index in [1.165, 1.54) is 12.8 Å². The number of nitrogens with two attached hydrogens (primary N) is 1. The molecule has 0 amide bonds. The number of hydrogen-bond donors (Lipinski definition) is 1. The largest absolute Gasteiger partial charge is 0.497 e. The highest BCUT2D eigenvalue weighted by atomic mass is 16.5. The molecule has 0 fully saturated rings. The van der Waals surface area contributed by atoms with Crippen molar-refractivity contribution in [1.82, 2.24) is 14.8 Å². The molecule has 106 valence electrons. The summed E-state index contributed by atoms with van der Waals surface area (Å²) in [6.45, 7) is 1.35. The predicted molar refractivity (Wildman–Crippen MR) is 74.7 cm³/mol. The normalized spacial score (nSPS) is 13.8. The molecule has 2 aromatic rings. The number of nitrogens with zero attached hydrogens (tertiary/aromatic N) is 3. The molecule has 0 radical (unpaired) electrons. The van der Waals surface area contributed by atoms with E-state index in [0.29, 0.717) is 18.0 Å². The van der Waals surface area contributed by atoms with Gasteiger partial charge >= 0.3 is 0 Å². The second-order valence-corrected chi connectivity index (χ2v) is 4.83. The molecule has 1 aliphatic heterocycles. The minimum Gasteiger partial charge on any atom is -0.497 e. The standard InChI is InChI=1S/C14H18N4O2/c1-19-10-5-6-12(11(15)8-10)20-9-14-17-16-13-4-2-3-7-18(13)14/h5-6,8H,2-4,7,9,15H2,1H3. The van der Waals surface area contributed by atoms with Gasteiger partial charge in [0.1, 0.15) is 23.9 Å². The number of aryl methyl sites for hydroxylation is 1. The van der Waals surface area contributed by atoms with Gasteiger partial charge in [-0.25, -0.2) is 0 Å². The van der Waals surface area contributed by atoms with Crippen LogP contribution < -0.4 is 15.2 Å². The lowest BCUT2D eigenvalue weighted by molar-refractivity contribution is 0.287. The van der Waals surface area contributed by atoms with E-state index in [4.69, 9.17) is 15.2 Å². The van der Waals surface area contributed by atoms with Crippen LogP contribution in [0.15, 0.2) is 18.2 Å². The smallest absolute Gasteiger partial charge is 0.171 e. The maximum absolute atomic E-state index is 5.93. The van der Waals surface area contributed by atoms with Crippen molar-refractivity contribution in [3.8, 4) is 11.5 Å². The minimum absolute atomic E-state index is 0.379. The van der Waals surface area contributed by atoms with Crippen LogP contribution in [0.3, 0.4) is 0 Å². The highest BCUT2D eigenvalue weighted by Crippen LogP contribution is 2.27. The number of aromatic nitrogens is 3. The van der Waals surface area contributed by atoms with Gasteiger partial charge in [0.05, 0.1) is 12.8 Å². The number of methoxy groups -OCH3 is 1. The molecule has 1 aromatic carbocycles. The number of hydrogen-bond acceptors (Lipinski definition) is 5. The third-order valence-corrected chi connectivity index (χ3v) is 3.51. The summed E-state index contributed by atoms with van der Waals surface area (Å²) in [6, 6.07) is 5.38. The van der Waals surface area contributed by atoms with Crippen LogP contribution in [-0.2, 0) is 19.6 Å². The Kier molecular flexibility index (Phi) is 3.45. The fourth-order valence-electron chi connectivity index (χ4n) is 2.40. The Morgan fingerprint density at radius 2 is 2.20 bits per heavy atom. The quantitative estimate of drug-likeness (QED) is 0.860. The minimum atomic E-state index is 0.379. The number of benzene rings is 1. The zero-order valence-electron chi connectivity index (χ0n) is 11.5. The number of nitrogen functional groups attached to an aromatic ring is 1. The molecule has 0 aliphatic carbocycles. The lowest BCUT2D eigenvalue weighted by Gasteiger charge is -2.15. The highest BCUT2D eigenvalue weighted by Gasteiger charge is 2.16. The predicted octanol–water partition coefficient (Wildman–Crippen LogP) is 1.78. The van der Waals surface area contributed by atoms with Gasteiger partial charge in [0, 0.05) is 19.0 Å². The first-order valence-corrected chi connectivity index (χ1v) is 6.75. The summed E-state index contributed by atoms with van der Waals surface area (Å²) >= 11 is 0. The van der Waals surface area contributed by atoms with Crippen molar-refractivity contribution < 1.29 is 9.47 Å². The van der Waals surface area contributed by atoms with Gasteiger partial charge in [-0.15, -0.1) is 10.2 Å². The van der Waals surface area contributed by atoms with E-state index in [1.54, 1.807) is 13.2 Å². The summed E-state index contributed by atoms with van der Waals surface area (Å²) in [5.41, 5.74) is 6.48. The van der Waals surface area contributed by atoms with Crippen molar-refractivity contribution in [3.63, 3.8) is 0 Å². The van der Waals surface area contributed by atoms with E-state index in [9.17, 15) is 0 Å². The lowest BCUT2D eigenvalue weighted by Crippen LogP contribution is -2.14. The van der Waals surface area contributed by atoms with Crippen LogP contribution in [0.4, 0.5) is 5.69 Å². The van der Waals surface area contributed by atoms with Gasteiger partial charge in [-0.1, -0.05) is 0 Å². The average Bonchev–Trinajstić information content (AvgIpc) is 2.89. The summed E-state index contributed by atoms with van der Waals surface area (Å²) in [5.74, 6) is 3.26. The maximum Gasteiger partial charge on any atom is 0.171 e. The molecule has 6 heteroatoms. The van der Waals surface area contributed by atoms with Crippen LogP contribution >= 0.6 is 0 Å². The van der Waals surface area contributed by atoms with Gasteiger partial charge in [0.25, 0.3) is 0 Å². The topological polar surface area (TPSA) is 75.2 Å². The summed E-state index contributed by atoms with van der Waals surface area (Å²) in [6.07, 6.45) is 3.35. The van der Waals surface area contributed by atoms with Crippen molar-refractivity contribution in [1.29, 1.82) is 0 Å². The molecular weight excluding hydrogens is 256 g/mol. The fourth-order valence-corrected chi connectivity index (χ4v) is 2.40. The Morgan fingerprint density at radius 3 is 3.00 bits per heavy atom. The van der Waals surface area contributed by atoms with E-state index in [2.05, 4.69) is 14.8 Å². The van der Waals surface area contributed by atoms with Gasteiger partial charge in [0.15, 0.2) is 5.82 Å². The molecule has 0 saturated heterocycles. The second-order valence-electron chi connectivity index (χ2n) is 4.83. The summed E-state index contributed by atoms with van der Waals surface area (Å²) < 4.78 is 13.0. The number of rotatable bonds is 4. The monoisotopic (exact) mass is 274 g/mol. The van der Waals surface area contributed by atoms with Crippen molar-refractivity contribution in [3.05, 3.63) is 29.8 Å². The number of fused-ring (bicyclic) bond motifs is 1. The molecule has 2 N–H and O–H groups in total. The summed E-state index contributed by atoms with van der Waals surface area (Å²) in [7, 11) is 1.61. The highest BCUT2D eigenvalue weighted by molar-refractivity contribution is 5.56. The van der Waals surface area contributed by atoms with Crippen LogP contribution in [-0.4, -0.2) is 21.9 Å². The van der Waals surface area contributed by atoms with E-state index in [-0.39, 0.29) is 0 Å². The summed E-state index contributed by atoms with van der Waals surface area (Å²) in [4.78, 5) is 0. The fraction of sp³-hybridized carbons (Fsp3) is 0.429. The van der Waals surface area contributed by atoms with Crippen molar-refractivity contribution in [2.75, 3.05) is 12.8 Å². The molecule has 0 atom stereocenters. The second kappa shape index (κ2) is 5.40. The van der Waals surface area contributed by atoms with Crippen molar-refractivity contribution >= 4 is 5.69 Å². The average molecular weight is 274 g/mol. The number of ether oxygens (including phenoxy) is 2. The Hall–Kier alpha value is -2.24. The van der Waals surface area contributed by atoms with Crippen molar-refractivity contribution in [2.24, 2.45) is 0 Å². The molecule has 1 aromatic heterocycles. The van der Waals surface area contributed by atoms with Gasteiger partial charge < -0.3 is 19.8 Å². The molecule has 20 heavy (non-hydrogen) atoms. The molecule has 0 spiro atoms. The van der Waals surface area contributed by atoms with Crippen LogP contribution in [0.1, 0.15) is 24.5 Å². The Balaban J connectivity index is 1.72. The molecule has 3 rings (SSSR count). The molecule has 6 nitrogen and oxygen atoms in total. The molecule has 0 bridgehead atoms. The van der Waals surface area contributed by atoms with Crippen LogP contribution in [0.5, 0.6) is 11.5 Å². The van der Waals surface area contributed by atoms with Crippen LogP contribution in [0, 0.1) is 0 Å². The van der Waals surface area contributed by atoms with E-state index < -0.39 is 0 Å². The lowest BCUT2D eigenvalue weighted by atomic mass is 10.2. The van der Waals surface area contributed by atoms with E-state index in [1.807, 2.05) is 12.1 Å². The van der Waals surface area contributed by atoms with Gasteiger partial charge in [-0.05, 0) is 25.0 Å². The Labute approximate surface area is 117 Å². The first-order chi connectivity index (χ1) is 9.78. The van der Waals surface area contributed by atoms with Crippen molar-refractivity contribution in [2.45, 2.75) is 32.4 Å². The maximum atomic E-state index is 5.93. The van der Waals surface area contributed by atoms with E-state index in [0.717, 1.165) is 30.4 Å². The zero-order chi connectivity index (χ0) is 13.9. The third kappa shape index (κ3) is 2.41. The Morgan fingerprint density at radius 1 is 1.30 bits per heavy atom. The molecule has 2 heterocycles. The van der Waals surface area contributed by atoms with Gasteiger partial charge in [0.2, 0.25) is 0 Å². The van der Waals surface area contributed by atoms with E-state index >= 15 is 0 Å². The third-order valence-electron chi connectivity index (χ3n) is 3.51. The van der Waals surface area contributed by atoms with Crippen LogP contribution in [0.25, 0.3) is 0 Å². The molecular formula is C14H18N4O2. The molecule has 0 unspecified atom stereocenters. The van der Waals surface area contributed by atoms with Crippen LogP contribution in [0.2, 0.25) is 0 Å². The summed E-state index contributed by atoms with van der Waals surface area (Å²) in [5, 5.41) is 8.40. The van der Waals surface area contributed by atoms with Gasteiger partial charge in [-0.2, -0.15) is 0 Å². The van der Waals surface area contributed by atoms with Gasteiger partial charge in [-0.3, -0.25) is 0 Å². The SMILES string of the molecule is COc1ccc(OCc2nnc3n2CCCC3)c(N)c1. The Bertz CT molecular complexity index is 609. The molecule has 1 aliphatic rings. The first kappa shape index (κ1) is 12.8. The first-order valence-electron chi connectivity index (χ1n) is 6.75. The number of anilines is 1.